The van der Waals surface area contributed by atoms with Crippen LogP contribution in [0.25, 0.3) is 0 Å². The highest BCUT2D eigenvalue weighted by molar-refractivity contribution is 7.90. The highest BCUT2D eigenvalue weighted by Gasteiger charge is 2.52. The normalized spacial score (nSPS) is 23.5. The molecule has 30 heavy (non-hydrogen) atoms. The third-order valence-electron chi connectivity index (χ3n) is 5.65. The summed E-state index contributed by atoms with van der Waals surface area (Å²) < 4.78 is 29.1. The van der Waals surface area contributed by atoms with E-state index < -0.39 is 27.9 Å². The van der Waals surface area contributed by atoms with E-state index in [0.29, 0.717) is 12.1 Å². The van der Waals surface area contributed by atoms with Crippen LogP contribution in [0.1, 0.15) is 25.8 Å². The van der Waals surface area contributed by atoms with Crippen molar-refractivity contribution < 1.29 is 18.0 Å². The van der Waals surface area contributed by atoms with Crippen LogP contribution in [0.5, 0.6) is 0 Å². The quantitative estimate of drug-likeness (QED) is 0.735. The number of hydrogen-bond acceptors (Lipinski definition) is 6. The second-order valence-corrected chi connectivity index (χ2v) is 9.13. The number of ketones is 1. The number of Topliss-reactive ketones (excluding diaryl/α,β-unsaturated/α-hetero) is 1. The van der Waals surface area contributed by atoms with Crippen molar-refractivity contribution in [2.24, 2.45) is 16.2 Å². The Balaban J connectivity index is 1.73. The highest BCUT2D eigenvalue weighted by Crippen LogP contribution is 2.34. The number of likely N-dealkylation sites (tertiary alicyclic amines) is 1. The molecule has 1 amide bonds. The van der Waals surface area contributed by atoms with Gasteiger partial charge in [0.1, 0.15) is 10.7 Å². The number of anilines is 1. The van der Waals surface area contributed by atoms with Crippen LogP contribution in [-0.4, -0.2) is 41.9 Å². The summed E-state index contributed by atoms with van der Waals surface area (Å²) in [5.74, 6) is -2.25. The molecule has 0 saturated carbocycles. The van der Waals surface area contributed by atoms with Gasteiger partial charge in [0.25, 0.3) is 10.0 Å². The van der Waals surface area contributed by atoms with Gasteiger partial charge in [-0.2, -0.15) is 8.42 Å². The SMILES string of the molecule is CCC(C)[C@H]1C(=O)C(C2=NS(=O)(=O)c3ccccc3N2)C(=O)N1Cc1ccncc1. The molecule has 2 unspecified atom stereocenters. The van der Waals surface area contributed by atoms with Gasteiger partial charge in [0, 0.05) is 18.9 Å². The number of sulfonamides is 1. The number of para-hydroxylation sites is 1. The lowest BCUT2D eigenvalue weighted by Crippen LogP contribution is -2.39. The second-order valence-electron chi connectivity index (χ2n) is 7.56. The first kappa shape index (κ1) is 20.2. The van der Waals surface area contributed by atoms with Crippen molar-refractivity contribution in [1.82, 2.24) is 9.88 Å². The minimum absolute atomic E-state index is 0.0266. The van der Waals surface area contributed by atoms with E-state index in [1.54, 1.807) is 42.7 Å². The number of rotatable bonds is 5. The molecule has 1 aromatic carbocycles. The zero-order chi connectivity index (χ0) is 21.5. The van der Waals surface area contributed by atoms with Gasteiger partial charge >= 0.3 is 0 Å². The third kappa shape index (κ3) is 3.39. The van der Waals surface area contributed by atoms with Gasteiger partial charge in [0.15, 0.2) is 11.7 Å². The molecule has 0 spiro atoms. The van der Waals surface area contributed by atoms with E-state index in [2.05, 4.69) is 14.7 Å². The molecule has 8 nitrogen and oxygen atoms in total. The van der Waals surface area contributed by atoms with Crippen LogP contribution in [0.4, 0.5) is 5.69 Å². The van der Waals surface area contributed by atoms with Crippen molar-refractivity contribution >= 4 is 33.2 Å². The molecule has 2 aromatic rings. The summed E-state index contributed by atoms with van der Waals surface area (Å²) in [6.07, 6.45) is 3.96. The molecule has 156 valence electrons. The maximum atomic E-state index is 13.3. The van der Waals surface area contributed by atoms with Gasteiger partial charge < -0.3 is 10.2 Å². The number of carbonyl (C=O) groups is 2. The summed E-state index contributed by atoms with van der Waals surface area (Å²) in [5, 5.41) is 2.91. The number of amidine groups is 1. The molecular formula is C21H22N4O4S. The topological polar surface area (TPSA) is 109 Å². The number of nitrogens with zero attached hydrogens (tertiary/aromatic N) is 3. The average molecular weight is 426 g/mol. The maximum absolute atomic E-state index is 13.3. The highest BCUT2D eigenvalue weighted by atomic mass is 32.2. The molecule has 2 aliphatic heterocycles. The molecule has 3 heterocycles. The standard InChI is InChI=1S/C21H22N4O4S/c1-3-13(2)18-19(26)17(21(27)25(18)12-14-8-10-22-11-9-14)20-23-15-6-4-5-7-16(15)30(28,29)24-20/h4-11,13,17-18H,3,12H2,1-2H3,(H,23,24)/t13?,17?,18-/m0/s1. The zero-order valence-corrected chi connectivity index (χ0v) is 17.5. The molecule has 9 heteroatoms. The summed E-state index contributed by atoms with van der Waals surface area (Å²) >= 11 is 0. The van der Waals surface area contributed by atoms with Gasteiger partial charge in [-0.05, 0) is 35.7 Å². The number of aromatic nitrogens is 1. The Bertz CT molecular complexity index is 1130. The molecule has 1 aromatic heterocycles. The van der Waals surface area contributed by atoms with Crippen LogP contribution in [0.3, 0.4) is 0 Å². The third-order valence-corrected chi connectivity index (χ3v) is 7.00. The fraction of sp³-hybridized carbons (Fsp3) is 0.333. The Hall–Kier alpha value is -3.07. The largest absolute Gasteiger partial charge is 0.341 e. The van der Waals surface area contributed by atoms with Gasteiger partial charge in [0.2, 0.25) is 5.91 Å². The van der Waals surface area contributed by atoms with Crippen LogP contribution in [0.15, 0.2) is 58.1 Å². The average Bonchev–Trinajstić information content (AvgIpc) is 2.97. The van der Waals surface area contributed by atoms with E-state index in [-0.39, 0.29) is 29.0 Å². The Morgan fingerprint density at radius 2 is 1.83 bits per heavy atom. The number of amides is 1. The number of benzene rings is 1. The number of carbonyl (C=O) groups excluding carboxylic acids is 2. The molecule has 0 bridgehead atoms. The lowest BCUT2D eigenvalue weighted by atomic mass is 9.92. The minimum Gasteiger partial charge on any atom is -0.341 e. The van der Waals surface area contributed by atoms with E-state index in [9.17, 15) is 18.0 Å². The number of nitrogens with one attached hydrogen (secondary N) is 1. The van der Waals surface area contributed by atoms with Crippen LogP contribution < -0.4 is 5.32 Å². The van der Waals surface area contributed by atoms with Gasteiger partial charge in [-0.25, -0.2) is 0 Å². The summed E-state index contributed by atoms with van der Waals surface area (Å²) in [6, 6.07) is 9.23. The van der Waals surface area contributed by atoms with Crippen LogP contribution in [-0.2, 0) is 26.2 Å². The molecule has 3 atom stereocenters. The van der Waals surface area contributed by atoms with E-state index in [1.165, 1.54) is 11.0 Å². The fourth-order valence-corrected chi connectivity index (χ4v) is 5.09. The van der Waals surface area contributed by atoms with Crippen LogP contribution in [0.2, 0.25) is 0 Å². The van der Waals surface area contributed by atoms with E-state index in [4.69, 9.17) is 0 Å². The lowest BCUT2D eigenvalue weighted by molar-refractivity contribution is -0.131. The van der Waals surface area contributed by atoms with E-state index in [1.807, 2.05) is 13.8 Å². The van der Waals surface area contributed by atoms with E-state index >= 15 is 0 Å². The smallest absolute Gasteiger partial charge is 0.286 e. The van der Waals surface area contributed by atoms with Crippen molar-refractivity contribution in [2.75, 3.05) is 5.32 Å². The monoisotopic (exact) mass is 426 g/mol. The molecule has 0 aliphatic carbocycles. The molecule has 1 saturated heterocycles. The molecule has 1 N–H and O–H groups in total. The predicted molar refractivity (Wildman–Crippen MR) is 111 cm³/mol. The van der Waals surface area contributed by atoms with Crippen LogP contribution >= 0.6 is 0 Å². The summed E-state index contributed by atoms with van der Waals surface area (Å²) in [6.45, 7) is 4.12. The van der Waals surface area contributed by atoms with Gasteiger partial charge in [-0.3, -0.25) is 14.6 Å². The van der Waals surface area contributed by atoms with Crippen molar-refractivity contribution in [3.63, 3.8) is 0 Å². The Morgan fingerprint density at radius 1 is 1.13 bits per heavy atom. The summed E-state index contributed by atoms with van der Waals surface area (Å²) in [4.78, 5) is 32.2. The number of fused-ring (bicyclic) bond motifs is 1. The molecular weight excluding hydrogens is 404 g/mol. The van der Waals surface area contributed by atoms with E-state index in [0.717, 1.165) is 5.56 Å². The zero-order valence-electron chi connectivity index (χ0n) is 16.6. The van der Waals surface area contributed by atoms with Gasteiger partial charge in [-0.15, -0.1) is 4.40 Å². The summed E-state index contributed by atoms with van der Waals surface area (Å²) in [5.41, 5.74) is 1.16. The maximum Gasteiger partial charge on any atom is 0.286 e. The first-order valence-corrected chi connectivity index (χ1v) is 11.2. The molecule has 4 rings (SSSR count). The number of pyridine rings is 1. The van der Waals surface area contributed by atoms with Crippen molar-refractivity contribution in [3.8, 4) is 0 Å². The predicted octanol–water partition coefficient (Wildman–Crippen LogP) is 2.24. The Labute approximate surface area is 175 Å². The second kappa shape index (κ2) is 7.64. The van der Waals surface area contributed by atoms with Crippen molar-refractivity contribution in [3.05, 3.63) is 54.4 Å². The van der Waals surface area contributed by atoms with Gasteiger partial charge in [-0.1, -0.05) is 32.4 Å². The summed E-state index contributed by atoms with van der Waals surface area (Å²) in [7, 11) is -4.00. The fourth-order valence-electron chi connectivity index (χ4n) is 3.93. The number of hydrogen-bond donors (Lipinski definition) is 1. The molecule has 1 fully saturated rings. The van der Waals surface area contributed by atoms with Gasteiger partial charge in [0.05, 0.1) is 11.7 Å². The van der Waals surface area contributed by atoms with Crippen molar-refractivity contribution in [1.29, 1.82) is 0 Å². The molecule has 0 radical (unpaired) electrons. The first-order valence-electron chi connectivity index (χ1n) is 9.77. The Kier molecular flexibility index (Phi) is 5.15. The minimum atomic E-state index is -4.00. The Morgan fingerprint density at radius 3 is 2.53 bits per heavy atom. The molecule has 2 aliphatic rings. The van der Waals surface area contributed by atoms with Crippen LogP contribution in [0, 0.1) is 11.8 Å². The lowest BCUT2D eigenvalue weighted by Gasteiger charge is -2.27. The first-order chi connectivity index (χ1) is 14.3. The van der Waals surface area contributed by atoms with Crippen molar-refractivity contribution in [2.45, 2.75) is 37.8 Å².